The fraction of sp³-hybridized carbons (Fsp3) is 0.889. The highest BCUT2D eigenvalue weighted by Gasteiger charge is 2.19. The second-order valence-electron chi connectivity index (χ2n) is 4.03. The van der Waals surface area contributed by atoms with E-state index in [-0.39, 0.29) is 11.9 Å². The Labute approximate surface area is 88.5 Å². The molecule has 0 heterocycles. The lowest BCUT2D eigenvalue weighted by molar-refractivity contribution is -0.122. The van der Waals surface area contributed by atoms with E-state index in [0.717, 1.165) is 13.0 Å². The molecule has 0 radical (unpaired) electrons. The van der Waals surface area contributed by atoms with Crippen molar-refractivity contribution in [1.29, 1.82) is 0 Å². The van der Waals surface area contributed by atoms with Crippen LogP contribution in [-0.4, -0.2) is 43.8 Å². The smallest absolute Gasteiger partial charge is 0.239 e. The molecule has 5 heteroatoms. The van der Waals surface area contributed by atoms with Crippen molar-refractivity contribution in [2.45, 2.75) is 19.4 Å². The Balaban J connectivity index is 4.06. The van der Waals surface area contributed by atoms with Gasteiger partial charge in [0.25, 0.3) is 0 Å². The van der Waals surface area contributed by atoms with Gasteiger partial charge in [-0.15, -0.1) is 0 Å². The zero-order chi connectivity index (χ0) is 11.2. The van der Waals surface area contributed by atoms with Crippen LogP contribution in [0.1, 0.15) is 13.3 Å². The third-order valence-corrected chi connectivity index (χ3v) is 2.59. The number of amides is 1. The molecule has 0 saturated heterocycles. The Morgan fingerprint density at radius 3 is 2.36 bits per heavy atom. The second kappa shape index (κ2) is 6.27. The van der Waals surface area contributed by atoms with Gasteiger partial charge in [0, 0.05) is 13.1 Å². The summed E-state index contributed by atoms with van der Waals surface area (Å²) >= 11 is 0. The fourth-order valence-corrected chi connectivity index (χ4v) is 2.06. The molecular weight excluding hydrogens is 198 g/mol. The zero-order valence-electron chi connectivity index (χ0n) is 9.59. The van der Waals surface area contributed by atoms with E-state index >= 15 is 0 Å². The molecule has 1 atom stereocenters. The lowest BCUT2D eigenvalue weighted by Crippen LogP contribution is -2.49. The Morgan fingerprint density at radius 1 is 1.43 bits per heavy atom. The Morgan fingerprint density at radius 2 is 2.00 bits per heavy atom. The largest absolute Gasteiger partial charge is 0.355 e. The summed E-state index contributed by atoms with van der Waals surface area (Å²) in [4.78, 5) is 11.6. The summed E-state index contributed by atoms with van der Waals surface area (Å²) in [6, 6.07) is -0.253. The van der Waals surface area contributed by atoms with Crippen molar-refractivity contribution < 1.29 is 4.79 Å². The van der Waals surface area contributed by atoms with E-state index in [0.29, 0.717) is 6.54 Å². The van der Waals surface area contributed by atoms with Gasteiger partial charge in [-0.1, -0.05) is 6.92 Å². The predicted octanol–water partition coefficient (Wildman–Crippen LogP) is 0.0385. The van der Waals surface area contributed by atoms with Gasteiger partial charge in [-0.2, -0.15) is 10.2 Å². The molecule has 0 rings (SSSR count). The van der Waals surface area contributed by atoms with Crippen LogP contribution < -0.4 is 15.8 Å². The van der Waals surface area contributed by atoms with Crippen LogP contribution >= 0.6 is 10.2 Å². The van der Waals surface area contributed by atoms with E-state index in [1.807, 2.05) is 6.92 Å². The Bertz CT molecular complexity index is 179. The van der Waals surface area contributed by atoms with Gasteiger partial charge in [0.15, 0.2) is 0 Å². The van der Waals surface area contributed by atoms with Crippen LogP contribution in [0.15, 0.2) is 0 Å². The second-order valence-corrected chi connectivity index (χ2v) is 7.94. The van der Waals surface area contributed by atoms with E-state index in [4.69, 9.17) is 5.73 Å². The number of rotatable bonds is 6. The van der Waals surface area contributed by atoms with Crippen LogP contribution in [0.2, 0.25) is 0 Å². The molecule has 1 amide bonds. The molecule has 4 N–H and O–H groups in total. The highest BCUT2D eigenvalue weighted by Crippen LogP contribution is 2.29. The molecule has 0 aromatic rings. The van der Waals surface area contributed by atoms with Crippen molar-refractivity contribution in [3.8, 4) is 0 Å². The van der Waals surface area contributed by atoms with E-state index in [2.05, 4.69) is 28.8 Å². The first-order valence-electron chi connectivity index (χ1n) is 4.84. The number of nitrogens with two attached hydrogens (primary N) is 1. The zero-order valence-corrected chi connectivity index (χ0v) is 10.4. The van der Waals surface area contributed by atoms with Crippen molar-refractivity contribution in [3.05, 3.63) is 0 Å². The van der Waals surface area contributed by atoms with Crippen LogP contribution in [0.4, 0.5) is 0 Å². The summed E-state index contributed by atoms with van der Waals surface area (Å²) in [6.07, 6.45) is 7.25. The molecule has 0 bridgehead atoms. The first-order chi connectivity index (χ1) is 6.40. The quantitative estimate of drug-likeness (QED) is 0.593. The predicted molar refractivity (Wildman–Crippen MR) is 64.6 cm³/mol. The minimum atomic E-state index is -0.896. The average Bonchev–Trinajstić information content (AvgIpc) is 2.08. The molecule has 0 aliphatic rings. The summed E-state index contributed by atoms with van der Waals surface area (Å²) in [5.41, 5.74) is 5.54. The van der Waals surface area contributed by atoms with Crippen LogP contribution in [0.25, 0.3) is 0 Å². The fourth-order valence-electron chi connectivity index (χ4n) is 1.01. The van der Waals surface area contributed by atoms with Gasteiger partial charge in [-0.3, -0.25) is 9.52 Å². The highest BCUT2D eigenvalue weighted by molar-refractivity contribution is 8.30. The molecular formula is C9H23N3OS. The van der Waals surface area contributed by atoms with Gasteiger partial charge in [0.1, 0.15) is 6.04 Å². The van der Waals surface area contributed by atoms with Crippen molar-refractivity contribution in [1.82, 2.24) is 10.0 Å². The molecule has 0 aliphatic carbocycles. The molecule has 0 spiro atoms. The van der Waals surface area contributed by atoms with Gasteiger partial charge in [-0.25, -0.2) is 0 Å². The summed E-state index contributed by atoms with van der Waals surface area (Å²) in [5, 5.41) is 2.84. The average molecular weight is 221 g/mol. The summed E-state index contributed by atoms with van der Waals surface area (Å²) < 4.78 is 3.26. The normalized spacial score (nSPS) is 14.9. The standard InChI is InChI=1S/C9H23N3OS/c1-5-6-11-9(13)8(7-10)12-14(2,3)4/h8,12H,5-7,10H2,1-4H3,(H,11,13)/t8-/m0/s1. The maximum atomic E-state index is 11.6. The minimum absolute atomic E-state index is 0.0109. The lowest BCUT2D eigenvalue weighted by atomic mass is 10.3. The number of hydrogen-bond donors (Lipinski definition) is 3. The van der Waals surface area contributed by atoms with Crippen molar-refractivity contribution >= 4 is 16.1 Å². The molecule has 86 valence electrons. The topological polar surface area (TPSA) is 67.2 Å². The summed E-state index contributed by atoms with van der Waals surface area (Å²) in [7, 11) is -0.896. The minimum Gasteiger partial charge on any atom is -0.355 e. The van der Waals surface area contributed by atoms with Crippen LogP contribution in [0.5, 0.6) is 0 Å². The first kappa shape index (κ1) is 13.7. The summed E-state index contributed by atoms with van der Waals surface area (Å²) in [5.74, 6) is 0.0109. The van der Waals surface area contributed by atoms with E-state index in [1.54, 1.807) is 0 Å². The number of nitrogens with one attached hydrogen (secondary N) is 2. The third-order valence-electron chi connectivity index (χ3n) is 1.60. The van der Waals surface area contributed by atoms with Crippen LogP contribution in [0, 0.1) is 0 Å². The first-order valence-corrected chi connectivity index (χ1v) is 7.70. The van der Waals surface area contributed by atoms with Gasteiger partial charge in [0.2, 0.25) is 5.91 Å². The molecule has 0 unspecified atom stereocenters. The number of hydrogen-bond acceptors (Lipinski definition) is 3. The van der Waals surface area contributed by atoms with Gasteiger partial charge < -0.3 is 11.1 Å². The number of carbonyl (C=O) groups is 1. The molecule has 0 aromatic carbocycles. The van der Waals surface area contributed by atoms with E-state index in [1.165, 1.54) is 0 Å². The molecule has 14 heavy (non-hydrogen) atoms. The van der Waals surface area contributed by atoms with E-state index in [9.17, 15) is 4.79 Å². The molecule has 0 fully saturated rings. The third kappa shape index (κ3) is 6.23. The summed E-state index contributed by atoms with van der Waals surface area (Å²) in [6.45, 7) is 3.09. The molecule has 0 aromatic heterocycles. The van der Waals surface area contributed by atoms with E-state index < -0.39 is 10.2 Å². The van der Waals surface area contributed by atoms with Crippen molar-refractivity contribution in [2.24, 2.45) is 5.73 Å². The molecule has 4 nitrogen and oxygen atoms in total. The Hall–Kier alpha value is -0.260. The van der Waals surface area contributed by atoms with Gasteiger partial charge in [-0.05, 0) is 25.2 Å². The van der Waals surface area contributed by atoms with Gasteiger partial charge >= 0.3 is 0 Å². The molecule has 0 aliphatic heterocycles. The van der Waals surface area contributed by atoms with Crippen molar-refractivity contribution in [2.75, 3.05) is 31.9 Å². The Kier molecular flexibility index (Phi) is 6.15. The van der Waals surface area contributed by atoms with Crippen molar-refractivity contribution in [3.63, 3.8) is 0 Å². The SMILES string of the molecule is CCCNC(=O)[C@H](CN)NS(C)(C)C. The van der Waals surface area contributed by atoms with Crippen LogP contribution in [-0.2, 0) is 4.79 Å². The van der Waals surface area contributed by atoms with Gasteiger partial charge in [0.05, 0.1) is 0 Å². The maximum Gasteiger partial charge on any atom is 0.239 e. The highest BCUT2D eigenvalue weighted by atomic mass is 32.3. The lowest BCUT2D eigenvalue weighted by Gasteiger charge is -2.31. The number of carbonyl (C=O) groups excluding carboxylic acids is 1. The molecule has 0 saturated carbocycles. The van der Waals surface area contributed by atoms with Crippen LogP contribution in [0.3, 0.4) is 0 Å². The monoisotopic (exact) mass is 221 g/mol. The maximum absolute atomic E-state index is 11.6.